The van der Waals surface area contributed by atoms with Crippen LogP contribution < -0.4 is 0 Å². The van der Waals surface area contributed by atoms with Crippen LogP contribution >= 0.6 is 0 Å². The third-order valence-electron chi connectivity index (χ3n) is 7.04. The van der Waals surface area contributed by atoms with E-state index in [1.807, 2.05) is 84.9 Å². The van der Waals surface area contributed by atoms with E-state index in [1.54, 1.807) is 24.8 Å². The molecule has 34 heavy (non-hydrogen) atoms. The second-order valence-electron chi connectivity index (χ2n) is 8.57. The molecular formula is C30H22N4. The monoisotopic (exact) mass is 438 g/mol. The summed E-state index contributed by atoms with van der Waals surface area (Å²) in [6.07, 6.45) is 6.84. The van der Waals surface area contributed by atoms with E-state index < -0.39 is 10.8 Å². The van der Waals surface area contributed by atoms with Crippen molar-refractivity contribution in [2.24, 2.45) is 11.8 Å². The maximum Gasteiger partial charge on any atom is 0.114 e. The SMILES string of the molecule is C=C1C(C(C#N)(c2ccccc2)c2ccncc2)C1C(C#N)(c1ccccc1)c1ccncc1. The fraction of sp³-hybridized carbons (Fsp3) is 0.133. The summed E-state index contributed by atoms with van der Waals surface area (Å²) in [5.41, 5.74) is 2.34. The minimum Gasteiger partial charge on any atom is -0.265 e. The molecule has 2 aromatic heterocycles. The summed E-state index contributed by atoms with van der Waals surface area (Å²) in [5, 5.41) is 21.6. The largest absolute Gasteiger partial charge is 0.265 e. The Morgan fingerprint density at radius 3 is 1.21 bits per heavy atom. The van der Waals surface area contributed by atoms with Gasteiger partial charge in [0.1, 0.15) is 10.8 Å². The van der Waals surface area contributed by atoms with Crippen molar-refractivity contribution < 1.29 is 0 Å². The van der Waals surface area contributed by atoms with Crippen LogP contribution in [0, 0.1) is 34.5 Å². The quantitative estimate of drug-likeness (QED) is 0.367. The van der Waals surface area contributed by atoms with Gasteiger partial charge in [0.25, 0.3) is 0 Å². The van der Waals surface area contributed by atoms with Crippen molar-refractivity contribution in [2.45, 2.75) is 10.8 Å². The summed E-state index contributed by atoms with van der Waals surface area (Å²) in [5.74, 6) is -0.536. The lowest BCUT2D eigenvalue weighted by atomic mass is 9.66. The van der Waals surface area contributed by atoms with Crippen LogP contribution in [-0.2, 0) is 10.8 Å². The summed E-state index contributed by atoms with van der Waals surface area (Å²) in [7, 11) is 0. The summed E-state index contributed by atoms with van der Waals surface area (Å²) in [6, 6.07) is 32.5. The van der Waals surface area contributed by atoms with Gasteiger partial charge in [0.15, 0.2) is 0 Å². The first-order valence-electron chi connectivity index (χ1n) is 11.1. The number of rotatable bonds is 6. The van der Waals surface area contributed by atoms with Crippen molar-refractivity contribution >= 4 is 0 Å². The molecule has 2 heterocycles. The van der Waals surface area contributed by atoms with E-state index >= 15 is 0 Å². The van der Waals surface area contributed by atoms with Crippen molar-refractivity contribution in [1.29, 1.82) is 10.5 Å². The Kier molecular flexibility index (Phi) is 5.28. The molecule has 4 atom stereocenters. The molecule has 2 aromatic carbocycles. The Bertz CT molecular complexity index is 1200. The van der Waals surface area contributed by atoms with Gasteiger partial charge in [0.2, 0.25) is 0 Å². The fourth-order valence-electron chi connectivity index (χ4n) is 5.45. The van der Waals surface area contributed by atoms with E-state index in [4.69, 9.17) is 0 Å². The van der Waals surface area contributed by atoms with E-state index in [-0.39, 0.29) is 11.8 Å². The molecule has 5 rings (SSSR count). The molecule has 0 saturated heterocycles. The number of nitriles is 2. The summed E-state index contributed by atoms with van der Waals surface area (Å²) < 4.78 is 0. The highest BCUT2D eigenvalue weighted by Crippen LogP contribution is 2.66. The molecule has 0 bridgehead atoms. The van der Waals surface area contributed by atoms with E-state index in [9.17, 15) is 10.5 Å². The van der Waals surface area contributed by atoms with Crippen molar-refractivity contribution in [3.8, 4) is 12.1 Å². The molecular weight excluding hydrogens is 416 g/mol. The molecule has 0 spiro atoms. The summed E-state index contributed by atoms with van der Waals surface area (Å²) >= 11 is 0. The average Bonchev–Trinajstić information content (AvgIpc) is 3.59. The zero-order valence-electron chi connectivity index (χ0n) is 18.5. The summed E-state index contributed by atoms with van der Waals surface area (Å²) in [4.78, 5) is 8.35. The van der Waals surface area contributed by atoms with Gasteiger partial charge in [0.05, 0.1) is 12.1 Å². The minimum absolute atomic E-state index is 0.268. The van der Waals surface area contributed by atoms with Crippen LogP contribution in [0.4, 0.5) is 0 Å². The average molecular weight is 439 g/mol. The Labute approximate surface area is 199 Å². The lowest BCUT2D eigenvalue weighted by molar-refractivity contribution is 0.455. The number of allylic oxidation sites excluding steroid dienone is 1. The van der Waals surface area contributed by atoms with Crippen molar-refractivity contribution in [3.63, 3.8) is 0 Å². The van der Waals surface area contributed by atoms with E-state index in [2.05, 4.69) is 28.7 Å². The standard InChI is InChI=1S/C30H22N4/c1-22-27(29(20-31,23-8-4-2-5-9-23)25-12-16-33-17-13-25)28(22)30(21-32,24-10-6-3-7-11-24)26-14-18-34-19-15-26/h2-19,27-28H,1H2. The van der Waals surface area contributed by atoms with Gasteiger partial charge in [-0.3, -0.25) is 9.97 Å². The van der Waals surface area contributed by atoms with Crippen LogP contribution in [-0.4, -0.2) is 9.97 Å². The van der Waals surface area contributed by atoms with Crippen LogP contribution in [0.1, 0.15) is 22.3 Å². The summed E-state index contributed by atoms with van der Waals surface area (Å²) in [6.45, 7) is 4.43. The molecule has 4 unspecified atom stereocenters. The van der Waals surface area contributed by atoms with Gasteiger partial charge < -0.3 is 0 Å². The minimum atomic E-state index is -1.00. The maximum atomic E-state index is 10.8. The Balaban J connectivity index is 1.76. The highest BCUT2D eigenvalue weighted by Gasteiger charge is 2.66. The third-order valence-corrected chi connectivity index (χ3v) is 7.04. The number of hydrogen-bond acceptors (Lipinski definition) is 4. The van der Waals surface area contributed by atoms with Crippen LogP contribution in [0.5, 0.6) is 0 Å². The van der Waals surface area contributed by atoms with Crippen molar-refractivity contribution in [2.75, 3.05) is 0 Å². The highest BCUT2D eigenvalue weighted by molar-refractivity contribution is 5.61. The van der Waals surface area contributed by atoms with Crippen molar-refractivity contribution in [1.82, 2.24) is 9.97 Å². The van der Waals surface area contributed by atoms with Gasteiger partial charge in [-0.1, -0.05) is 72.8 Å². The molecule has 1 saturated carbocycles. The Morgan fingerprint density at radius 2 is 0.882 bits per heavy atom. The van der Waals surface area contributed by atoms with Crippen LogP contribution in [0.3, 0.4) is 0 Å². The molecule has 0 radical (unpaired) electrons. The number of pyridine rings is 2. The Hall–Kier alpha value is -4.54. The first kappa shape index (κ1) is 21.3. The maximum absolute atomic E-state index is 10.8. The predicted molar refractivity (Wildman–Crippen MR) is 130 cm³/mol. The van der Waals surface area contributed by atoms with Gasteiger partial charge in [-0.05, 0) is 46.5 Å². The van der Waals surface area contributed by atoms with Crippen LogP contribution in [0.25, 0.3) is 0 Å². The molecule has 0 amide bonds. The van der Waals surface area contributed by atoms with Crippen molar-refractivity contribution in [3.05, 3.63) is 144 Å². The lowest BCUT2D eigenvalue weighted by Gasteiger charge is -2.33. The van der Waals surface area contributed by atoms with Gasteiger partial charge in [-0.15, -0.1) is 0 Å². The van der Waals surface area contributed by atoms with Gasteiger partial charge >= 0.3 is 0 Å². The molecule has 0 N–H and O–H groups in total. The zero-order chi connectivity index (χ0) is 23.6. The molecule has 1 fully saturated rings. The van der Waals surface area contributed by atoms with Crippen LogP contribution in [0.2, 0.25) is 0 Å². The number of benzene rings is 2. The van der Waals surface area contributed by atoms with E-state index in [0.717, 1.165) is 27.8 Å². The van der Waals surface area contributed by atoms with Gasteiger partial charge in [0, 0.05) is 36.6 Å². The topological polar surface area (TPSA) is 73.4 Å². The van der Waals surface area contributed by atoms with E-state index in [0.29, 0.717) is 0 Å². The van der Waals surface area contributed by atoms with E-state index in [1.165, 1.54) is 0 Å². The molecule has 4 aromatic rings. The molecule has 1 aliphatic rings. The highest BCUT2D eigenvalue weighted by atomic mass is 14.7. The first-order chi connectivity index (χ1) is 16.7. The third kappa shape index (κ3) is 3.04. The smallest absolute Gasteiger partial charge is 0.114 e. The second-order valence-corrected chi connectivity index (χ2v) is 8.57. The number of nitrogens with zero attached hydrogens (tertiary/aromatic N) is 4. The lowest BCUT2D eigenvalue weighted by Crippen LogP contribution is -2.35. The van der Waals surface area contributed by atoms with Gasteiger partial charge in [-0.25, -0.2) is 0 Å². The zero-order valence-corrected chi connectivity index (χ0v) is 18.5. The first-order valence-corrected chi connectivity index (χ1v) is 11.1. The molecule has 4 nitrogen and oxygen atoms in total. The molecule has 0 aliphatic heterocycles. The normalized spacial score (nSPS) is 20.2. The molecule has 162 valence electrons. The molecule has 4 heteroatoms. The predicted octanol–water partition coefficient (Wildman–Crippen LogP) is 5.60. The van der Waals surface area contributed by atoms with Crippen LogP contribution in [0.15, 0.2) is 122 Å². The molecule has 1 aliphatic carbocycles. The number of hydrogen-bond donors (Lipinski definition) is 0. The fourth-order valence-corrected chi connectivity index (χ4v) is 5.45. The Morgan fingerprint density at radius 1 is 0.559 bits per heavy atom. The second kappa shape index (κ2) is 8.43. The number of aromatic nitrogens is 2. The van der Waals surface area contributed by atoms with Gasteiger partial charge in [-0.2, -0.15) is 10.5 Å².